The predicted molar refractivity (Wildman–Crippen MR) is 123 cm³/mol. The van der Waals surface area contributed by atoms with Gasteiger partial charge in [-0.05, 0) is 54.1 Å². The Bertz CT molecular complexity index is 1230. The van der Waals surface area contributed by atoms with Gasteiger partial charge < -0.3 is 9.64 Å². The molecule has 0 unspecified atom stereocenters. The number of benzene rings is 2. The second-order valence-corrected chi connectivity index (χ2v) is 7.80. The molecule has 0 aliphatic carbocycles. The summed E-state index contributed by atoms with van der Waals surface area (Å²) in [6.45, 7) is 0.677. The summed E-state index contributed by atoms with van der Waals surface area (Å²) in [5.41, 5.74) is 2.72. The van der Waals surface area contributed by atoms with Crippen molar-refractivity contribution in [3.63, 3.8) is 0 Å². The fourth-order valence-corrected chi connectivity index (χ4v) is 3.58. The van der Waals surface area contributed by atoms with E-state index in [0.29, 0.717) is 28.8 Å². The molecule has 7 heteroatoms. The molecule has 0 saturated heterocycles. The SMILES string of the molecule is COc1ccc2nc(C(=O)N(Cc3ccc(Cl)c(Cl)c3)Cc3ccccn3)ccc2c1. The number of amides is 1. The molecule has 1 amide bonds. The number of ether oxygens (including phenoxy) is 1. The highest BCUT2D eigenvalue weighted by atomic mass is 35.5. The van der Waals surface area contributed by atoms with Crippen LogP contribution in [-0.2, 0) is 13.1 Å². The third-order valence-electron chi connectivity index (χ3n) is 4.84. The maximum atomic E-state index is 13.4. The Labute approximate surface area is 190 Å². The largest absolute Gasteiger partial charge is 0.497 e. The van der Waals surface area contributed by atoms with Crippen molar-refractivity contribution in [2.45, 2.75) is 13.1 Å². The van der Waals surface area contributed by atoms with E-state index in [1.165, 1.54) is 0 Å². The maximum Gasteiger partial charge on any atom is 0.273 e. The second kappa shape index (κ2) is 9.33. The second-order valence-electron chi connectivity index (χ2n) is 6.99. The quantitative estimate of drug-likeness (QED) is 0.372. The van der Waals surface area contributed by atoms with E-state index in [1.54, 1.807) is 36.4 Å². The average molecular weight is 452 g/mol. The Morgan fingerprint density at radius 2 is 1.84 bits per heavy atom. The van der Waals surface area contributed by atoms with Crippen molar-refractivity contribution in [3.05, 3.63) is 99.9 Å². The predicted octanol–water partition coefficient (Wildman–Crippen LogP) is 5.79. The lowest BCUT2D eigenvalue weighted by atomic mass is 10.1. The molecule has 2 aromatic carbocycles. The van der Waals surface area contributed by atoms with Crippen molar-refractivity contribution in [2.24, 2.45) is 0 Å². The summed E-state index contributed by atoms with van der Waals surface area (Å²) in [6.07, 6.45) is 1.71. The Morgan fingerprint density at radius 1 is 0.968 bits per heavy atom. The lowest BCUT2D eigenvalue weighted by Crippen LogP contribution is -2.31. The van der Waals surface area contributed by atoms with Crippen molar-refractivity contribution in [1.29, 1.82) is 0 Å². The minimum atomic E-state index is -0.200. The van der Waals surface area contributed by atoms with Gasteiger partial charge in [0.25, 0.3) is 5.91 Å². The van der Waals surface area contributed by atoms with E-state index < -0.39 is 0 Å². The van der Waals surface area contributed by atoms with Gasteiger partial charge in [-0.15, -0.1) is 0 Å². The molecule has 4 aromatic rings. The number of hydrogen-bond acceptors (Lipinski definition) is 4. The molecule has 0 spiro atoms. The van der Waals surface area contributed by atoms with Gasteiger partial charge in [0.2, 0.25) is 0 Å². The highest BCUT2D eigenvalue weighted by Gasteiger charge is 2.19. The molecule has 0 bridgehead atoms. The Balaban J connectivity index is 1.66. The minimum Gasteiger partial charge on any atom is -0.497 e. The fourth-order valence-electron chi connectivity index (χ4n) is 3.26. The smallest absolute Gasteiger partial charge is 0.273 e. The van der Waals surface area contributed by atoms with Gasteiger partial charge >= 0.3 is 0 Å². The van der Waals surface area contributed by atoms with Gasteiger partial charge in [-0.2, -0.15) is 0 Å². The average Bonchev–Trinajstić information content (AvgIpc) is 2.80. The normalized spacial score (nSPS) is 10.8. The van der Waals surface area contributed by atoms with E-state index >= 15 is 0 Å². The number of methoxy groups -OCH3 is 1. The lowest BCUT2D eigenvalue weighted by Gasteiger charge is -2.22. The highest BCUT2D eigenvalue weighted by Crippen LogP contribution is 2.25. The maximum absolute atomic E-state index is 13.4. The summed E-state index contributed by atoms with van der Waals surface area (Å²) in [6, 6.07) is 20.1. The monoisotopic (exact) mass is 451 g/mol. The van der Waals surface area contributed by atoms with Crippen LogP contribution in [0.4, 0.5) is 0 Å². The highest BCUT2D eigenvalue weighted by molar-refractivity contribution is 6.42. The minimum absolute atomic E-state index is 0.200. The molecule has 0 saturated carbocycles. The van der Waals surface area contributed by atoms with Gasteiger partial charge in [-0.3, -0.25) is 9.78 Å². The van der Waals surface area contributed by atoms with Crippen LogP contribution in [-0.4, -0.2) is 27.9 Å². The Morgan fingerprint density at radius 3 is 2.58 bits per heavy atom. The number of carbonyl (C=O) groups is 1. The van der Waals surface area contributed by atoms with Crippen LogP contribution >= 0.6 is 23.2 Å². The zero-order valence-corrected chi connectivity index (χ0v) is 18.3. The van der Waals surface area contributed by atoms with E-state index in [1.807, 2.05) is 48.5 Å². The summed E-state index contributed by atoms with van der Waals surface area (Å²) in [7, 11) is 1.62. The summed E-state index contributed by atoms with van der Waals surface area (Å²) in [5.74, 6) is 0.541. The molecule has 0 atom stereocenters. The van der Waals surface area contributed by atoms with Crippen LogP contribution in [0.15, 0.2) is 72.9 Å². The molecule has 0 aliphatic heterocycles. The summed E-state index contributed by atoms with van der Waals surface area (Å²) in [5, 5.41) is 1.82. The van der Waals surface area contributed by atoms with Crippen LogP contribution in [0, 0.1) is 0 Å². The van der Waals surface area contributed by atoms with Gasteiger partial charge in [-0.1, -0.05) is 41.4 Å². The van der Waals surface area contributed by atoms with Crippen molar-refractivity contribution < 1.29 is 9.53 Å². The number of rotatable bonds is 6. The van der Waals surface area contributed by atoms with Crippen molar-refractivity contribution in [1.82, 2.24) is 14.9 Å². The first kappa shape index (κ1) is 21.1. The molecule has 0 fully saturated rings. The first-order valence-corrected chi connectivity index (χ1v) is 10.4. The van der Waals surface area contributed by atoms with Crippen LogP contribution in [0.25, 0.3) is 10.9 Å². The molecule has 31 heavy (non-hydrogen) atoms. The van der Waals surface area contributed by atoms with Crippen LogP contribution in [0.5, 0.6) is 5.75 Å². The number of halogens is 2. The van der Waals surface area contributed by atoms with Gasteiger partial charge in [0, 0.05) is 18.1 Å². The van der Waals surface area contributed by atoms with Crippen LogP contribution in [0.2, 0.25) is 10.0 Å². The van der Waals surface area contributed by atoms with E-state index in [0.717, 1.165) is 27.9 Å². The summed E-state index contributed by atoms with van der Waals surface area (Å²) in [4.78, 5) is 24.1. The number of pyridine rings is 2. The zero-order valence-electron chi connectivity index (χ0n) is 16.8. The first-order chi connectivity index (χ1) is 15.0. The van der Waals surface area contributed by atoms with Crippen molar-refractivity contribution >= 4 is 40.0 Å². The summed E-state index contributed by atoms with van der Waals surface area (Å²) >= 11 is 12.2. The Hall–Kier alpha value is -3.15. The van der Waals surface area contributed by atoms with Gasteiger partial charge in [0.1, 0.15) is 11.4 Å². The van der Waals surface area contributed by atoms with Gasteiger partial charge in [0.05, 0.1) is 34.9 Å². The molecule has 5 nitrogen and oxygen atoms in total. The van der Waals surface area contributed by atoms with Gasteiger partial charge in [0.15, 0.2) is 0 Å². The molecular formula is C24H19Cl2N3O2. The number of carbonyl (C=O) groups excluding carboxylic acids is 1. The van der Waals surface area contributed by atoms with E-state index in [4.69, 9.17) is 27.9 Å². The third kappa shape index (κ3) is 4.95. The topological polar surface area (TPSA) is 55.3 Å². The van der Waals surface area contributed by atoms with Crippen LogP contribution in [0.1, 0.15) is 21.7 Å². The fraction of sp³-hybridized carbons (Fsp3) is 0.125. The molecule has 2 aromatic heterocycles. The molecule has 4 rings (SSSR count). The standard InChI is InChI=1S/C24H19Cl2N3O2/c1-31-19-7-10-22-17(13-19)6-9-23(28-22)24(30)29(15-18-4-2-3-11-27-18)14-16-5-8-20(25)21(26)12-16/h2-13H,14-15H2,1H3. The molecule has 2 heterocycles. The lowest BCUT2D eigenvalue weighted by molar-refractivity contribution is 0.0722. The van der Waals surface area contributed by atoms with Crippen molar-refractivity contribution in [2.75, 3.05) is 7.11 Å². The van der Waals surface area contributed by atoms with Crippen LogP contribution in [0.3, 0.4) is 0 Å². The summed E-state index contributed by atoms with van der Waals surface area (Å²) < 4.78 is 5.26. The van der Waals surface area contributed by atoms with E-state index in [9.17, 15) is 4.79 Å². The number of hydrogen-bond donors (Lipinski definition) is 0. The Kier molecular flexibility index (Phi) is 6.35. The third-order valence-corrected chi connectivity index (χ3v) is 5.58. The van der Waals surface area contributed by atoms with Crippen molar-refractivity contribution in [3.8, 4) is 5.75 Å². The molecule has 0 N–H and O–H groups in total. The van der Waals surface area contributed by atoms with Crippen LogP contribution < -0.4 is 4.74 Å². The first-order valence-electron chi connectivity index (χ1n) is 9.61. The zero-order chi connectivity index (χ0) is 21.8. The molecule has 156 valence electrons. The number of fused-ring (bicyclic) bond motifs is 1. The molecule has 0 aliphatic rings. The van der Waals surface area contributed by atoms with E-state index in [-0.39, 0.29) is 5.91 Å². The number of aromatic nitrogens is 2. The van der Waals surface area contributed by atoms with E-state index in [2.05, 4.69) is 9.97 Å². The molecular weight excluding hydrogens is 433 g/mol. The van der Waals surface area contributed by atoms with Gasteiger partial charge in [-0.25, -0.2) is 4.98 Å². The molecule has 0 radical (unpaired) electrons. The number of nitrogens with zero attached hydrogens (tertiary/aromatic N) is 3.